The van der Waals surface area contributed by atoms with Crippen molar-refractivity contribution in [2.45, 2.75) is 38.5 Å². The Labute approximate surface area is 270 Å². The van der Waals surface area contributed by atoms with Crippen molar-refractivity contribution in [3.63, 3.8) is 0 Å². The first-order chi connectivity index (χ1) is 22.4. The Morgan fingerprint density at radius 2 is 1.81 bits per heavy atom. The normalized spacial score (nSPS) is 15.5. The van der Waals surface area contributed by atoms with E-state index >= 15 is 0 Å². The number of carbonyl (C=O) groups excluding carboxylic acids is 1. The fourth-order valence-electron chi connectivity index (χ4n) is 6.07. The minimum absolute atomic E-state index is 0.0911. The SMILES string of the molecule is Cc1cc(-n2ncc(C(=O)C3=Cc4cc(OCC(F)F)c(C5CCN(S(C)(=O)=O)CC5)cc4C3)c2N)ccc1Oc1ccccc1F. The van der Waals surface area contributed by atoms with Crippen LogP contribution in [0.5, 0.6) is 17.2 Å². The maximum Gasteiger partial charge on any atom is 0.272 e. The van der Waals surface area contributed by atoms with Crippen molar-refractivity contribution in [1.29, 1.82) is 0 Å². The number of alkyl halides is 2. The number of halogens is 3. The van der Waals surface area contributed by atoms with Gasteiger partial charge in [0.05, 0.1) is 23.7 Å². The van der Waals surface area contributed by atoms with Crippen LogP contribution in [0.1, 0.15) is 51.4 Å². The quantitative estimate of drug-likeness (QED) is 0.198. The first kappa shape index (κ1) is 32.3. The van der Waals surface area contributed by atoms with E-state index in [1.807, 2.05) is 6.07 Å². The van der Waals surface area contributed by atoms with Crippen molar-refractivity contribution in [2.75, 3.05) is 31.7 Å². The zero-order valence-corrected chi connectivity index (χ0v) is 26.6. The number of hydrogen-bond acceptors (Lipinski definition) is 7. The molecule has 3 aromatic carbocycles. The number of carbonyl (C=O) groups is 1. The Bertz CT molecular complexity index is 1990. The molecule has 47 heavy (non-hydrogen) atoms. The van der Waals surface area contributed by atoms with Crippen LogP contribution in [-0.4, -0.2) is 60.7 Å². The molecule has 1 aliphatic carbocycles. The molecule has 246 valence electrons. The van der Waals surface area contributed by atoms with Crippen LogP contribution in [0.4, 0.5) is 19.0 Å². The van der Waals surface area contributed by atoms with E-state index in [0.29, 0.717) is 66.2 Å². The van der Waals surface area contributed by atoms with E-state index in [-0.39, 0.29) is 28.8 Å². The second-order valence-corrected chi connectivity index (χ2v) is 13.7. The summed E-state index contributed by atoms with van der Waals surface area (Å²) in [5.74, 6) is 0.0859. The highest BCUT2D eigenvalue weighted by Crippen LogP contribution is 2.40. The second-order valence-electron chi connectivity index (χ2n) is 11.7. The van der Waals surface area contributed by atoms with E-state index in [4.69, 9.17) is 15.2 Å². The number of nitrogen functional groups attached to an aromatic ring is 1. The average molecular weight is 667 g/mol. The lowest BCUT2D eigenvalue weighted by molar-refractivity contribution is 0.0810. The van der Waals surface area contributed by atoms with Gasteiger partial charge in [-0.05, 0) is 90.4 Å². The molecule has 0 unspecified atom stereocenters. The Morgan fingerprint density at radius 1 is 1.06 bits per heavy atom. The molecule has 6 rings (SSSR count). The van der Waals surface area contributed by atoms with E-state index in [1.165, 1.54) is 33.6 Å². The summed E-state index contributed by atoms with van der Waals surface area (Å²) >= 11 is 0. The molecule has 1 aromatic heterocycles. The first-order valence-corrected chi connectivity index (χ1v) is 16.9. The second kappa shape index (κ2) is 12.9. The number of aromatic nitrogens is 2. The van der Waals surface area contributed by atoms with Gasteiger partial charge in [0, 0.05) is 25.1 Å². The Kier molecular flexibility index (Phi) is 8.86. The predicted octanol–water partition coefficient (Wildman–Crippen LogP) is 6.30. The summed E-state index contributed by atoms with van der Waals surface area (Å²) < 4.78 is 78.4. The number of nitrogens with two attached hydrogens (primary N) is 1. The molecule has 9 nitrogen and oxygen atoms in total. The third-order valence-corrected chi connectivity index (χ3v) is 9.82. The van der Waals surface area contributed by atoms with Crippen LogP contribution in [0.15, 0.2) is 66.4 Å². The fourth-order valence-corrected chi connectivity index (χ4v) is 6.94. The summed E-state index contributed by atoms with van der Waals surface area (Å²) in [6.45, 7) is 1.66. The molecule has 0 saturated carbocycles. The molecule has 0 amide bonds. The predicted molar refractivity (Wildman–Crippen MR) is 172 cm³/mol. The summed E-state index contributed by atoms with van der Waals surface area (Å²) in [7, 11) is -3.33. The van der Waals surface area contributed by atoms with E-state index in [2.05, 4.69) is 5.10 Å². The molecule has 13 heteroatoms. The number of para-hydroxylation sites is 1. The first-order valence-electron chi connectivity index (χ1n) is 15.0. The van der Waals surface area contributed by atoms with Crippen molar-refractivity contribution in [2.24, 2.45) is 0 Å². The molecular formula is C34H33F3N4O5S. The molecule has 2 aliphatic rings. The summed E-state index contributed by atoms with van der Waals surface area (Å²) in [6.07, 6.45) is 2.93. The number of aryl methyl sites for hydroxylation is 1. The zero-order chi connectivity index (χ0) is 33.5. The van der Waals surface area contributed by atoms with Crippen molar-refractivity contribution >= 4 is 27.7 Å². The molecule has 1 fully saturated rings. The van der Waals surface area contributed by atoms with Crippen LogP contribution in [0.2, 0.25) is 0 Å². The Hall–Kier alpha value is -4.62. The topological polar surface area (TPSA) is 117 Å². The molecule has 2 heterocycles. The third kappa shape index (κ3) is 6.77. The smallest absolute Gasteiger partial charge is 0.272 e. The number of ketones is 1. The maximum atomic E-state index is 14.1. The molecule has 0 atom stereocenters. The number of ether oxygens (including phenoxy) is 2. The number of benzene rings is 3. The van der Waals surface area contributed by atoms with Crippen LogP contribution in [0.3, 0.4) is 0 Å². The van der Waals surface area contributed by atoms with Crippen molar-refractivity contribution < 1.29 is 35.9 Å². The van der Waals surface area contributed by atoms with Gasteiger partial charge in [0.15, 0.2) is 17.3 Å². The third-order valence-electron chi connectivity index (χ3n) is 8.51. The number of sulfonamides is 1. The minimum Gasteiger partial charge on any atom is -0.487 e. The van der Waals surface area contributed by atoms with Gasteiger partial charge < -0.3 is 15.2 Å². The van der Waals surface area contributed by atoms with Gasteiger partial charge in [0.2, 0.25) is 10.0 Å². The van der Waals surface area contributed by atoms with Gasteiger partial charge in [-0.2, -0.15) is 5.10 Å². The Morgan fingerprint density at radius 3 is 2.49 bits per heavy atom. The standard InChI is InChI=1S/C34H33F3N4O5S/c1-20-13-25(7-8-29(20)46-30-6-4-3-5-28(30)35)41-34(38)27(18-39-41)33(42)24-14-22-16-26(21-9-11-40(12-10-21)47(2,43)44)31(17-23(22)15-24)45-19-32(36)37/h3-8,13,15-18,21,32H,9-12,14,19,38H2,1-2H3. The highest BCUT2D eigenvalue weighted by Gasteiger charge is 2.30. The highest BCUT2D eigenvalue weighted by molar-refractivity contribution is 7.88. The molecular weight excluding hydrogens is 633 g/mol. The average Bonchev–Trinajstić information content (AvgIpc) is 3.64. The monoisotopic (exact) mass is 666 g/mol. The van der Waals surface area contributed by atoms with E-state index in [9.17, 15) is 26.4 Å². The fraction of sp³-hybridized carbons (Fsp3) is 0.294. The number of hydrogen-bond donors (Lipinski definition) is 1. The summed E-state index contributed by atoms with van der Waals surface area (Å²) in [5.41, 5.74) is 10.6. The van der Waals surface area contributed by atoms with Crippen LogP contribution >= 0.6 is 0 Å². The van der Waals surface area contributed by atoms with Gasteiger partial charge in [-0.15, -0.1) is 0 Å². The summed E-state index contributed by atoms with van der Waals surface area (Å²) in [5, 5.41) is 4.36. The van der Waals surface area contributed by atoms with E-state index in [1.54, 1.807) is 49.4 Å². The van der Waals surface area contributed by atoms with Gasteiger partial charge in [-0.1, -0.05) is 18.2 Å². The number of piperidine rings is 1. The molecule has 0 bridgehead atoms. The number of nitrogens with zero attached hydrogens (tertiary/aromatic N) is 3. The summed E-state index contributed by atoms with van der Waals surface area (Å²) in [4.78, 5) is 13.7. The molecule has 1 saturated heterocycles. The lowest BCUT2D eigenvalue weighted by atomic mass is 9.87. The minimum atomic E-state index is -3.33. The zero-order valence-electron chi connectivity index (χ0n) is 25.8. The van der Waals surface area contributed by atoms with E-state index in [0.717, 1.165) is 11.1 Å². The van der Waals surface area contributed by atoms with Gasteiger partial charge in [-0.25, -0.2) is 30.6 Å². The number of Topliss-reactive ketones (excluding diaryl/α,β-unsaturated/α-hetero) is 1. The molecule has 0 radical (unpaired) electrons. The van der Waals surface area contributed by atoms with Crippen molar-refractivity contribution in [3.8, 4) is 22.9 Å². The van der Waals surface area contributed by atoms with Gasteiger partial charge in [0.25, 0.3) is 6.43 Å². The number of fused-ring (bicyclic) bond motifs is 1. The van der Waals surface area contributed by atoms with Gasteiger partial charge in [-0.3, -0.25) is 4.79 Å². The molecule has 4 aromatic rings. The Balaban J connectivity index is 1.22. The van der Waals surface area contributed by atoms with Crippen LogP contribution < -0.4 is 15.2 Å². The number of anilines is 1. The lowest BCUT2D eigenvalue weighted by Crippen LogP contribution is -2.37. The lowest BCUT2D eigenvalue weighted by Gasteiger charge is -2.31. The maximum absolute atomic E-state index is 14.1. The molecule has 0 spiro atoms. The van der Waals surface area contributed by atoms with Crippen LogP contribution in [-0.2, 0) is 16.4 Å². The van der Waals surface area contributed by atoms with Gasteiger partial charge in [0.1, 0.15) is 23.9 Å². The van der Waals surface area contributed by atoms with E-state index < -0.39 is 28.9 Å². The van der Waals surface area contributed by atoms with Crippen LogP contribution in [0.25, 0.3) is 11.8 Å². The molecule has 2 N–H and O–H groups in total. The van der Waals surface area contributed by atoms with Crippen LogP contribution in [0, 0.1) is 12.7 Å². The highest BCUT2D eigenvalue weighted by atomic mass is 32.2. The molecule has 1 aliphatic heterocycles. The van der Waals surface area contributed by atoms with Crippen molar-refractivity contribution in [3.05, 3.63) is 100 Å². The van der Waals surface area contributed by atoms with Crippen molar-refractivity contribution in [1.82, 2.24) is 14.1 Å². The number of allylic oxidation sites excluding steroid dienone is 1. The largest absolute Gasteiger partial charge is 0.487 e. The van der Waals surface area contributed by atoms with Gasteiger partial charge >= 0.3 is 0 Å². The number of rotatable bonds is 10. The summed E-state index contributed by atoms with van der Waals surface area (Å²) in [6, 6.07) is 14.8.